The highest BCUT2D eigenvalue weighted by Gasteiger charge is 2.12. The molecular formula is C13H18N2O3. The highest BCUT2D eigenvalue weighted by Crippen LogP contribution is 2.18. The van der Waals surface area contributed by atoms with E-state index in [-0.39, 0.29) is 6.61 Å². The summed E-state index contributed by atoms with van der Waals surface area (Å²) in [5.74, 6) is 0.172. The minimum Gasteiger partial charge on any atom is -0.484 e. The molecule has 0 atom stereocenters. The Morgan fingerprint density at radius 2 is 2.00 bits per heavy atom. The second kappa shape index (κ2) is 6.26. The number of ether oxygens (including phenoxy) is 2. The van der Waals surface area contributed by atoms with Crippen molar-refractivity contribution in [2.24, 2.45) is 5.73 Å². The van der Waals surface area contributed by atoms with Crippen LogP contribution < -0.4 is 15.8 Å². The van der Waals surface area contributed by atoms with Crippen molar-refractivity contribution in [1.82, 2.24) is 0 Å². The molecule has 1 aliphatic heterocycles. The van der Waals surface area contributed by atoms with Crippen LogP contribution in [0.1, 0.15) is 12.8 Å². The lowest BCUT2D eigenvalue weighted by Crippen LogP contribution is -2.27. The van der Waals surface area contributed by atoms with Gasteiger partial charge in [-0.15, -0.1) is 0 Å². The van der Waals surface area contributed by atoms with Crippen LogP contribution in [0.25, 0.3) is 0 Å². The first-order valence-corrected chi connectivity index (χ1v) is 6.09. The van der Waals surface area contributed by atoms with Crippen molar-refractivity contribution in [3.05, 3.63) is 24.3 Å². The molecule has 2 rings (SSSR count). The third-order valence-electron chi connectivity index (χ3n) is 2.83. The Bertz CT molecular complexity index is 386. The van der Waals surface area contributed by atoms with Gasteiger partial charge in [-0.1, -0.05) is 0 Å². The fraction of sp³-hybridized carbons (Fsp3) is 0.462. The molecule has 3 N–H and O–H groups in total. The monoisotopic (exact) mass is 250 g/mol. The summed E-state index contributed by atoms with van der Waals surface area (Å²) in [6.07, 6.45) is 2.06. The zero-order valence-electron chi connectivity index (χ0n) is 10.2. The molecule has 0 saturated carbocycles. The fourth-order valence-corrected chi connectivity index (χ4v) is 1.88. The number of nitrogens with two attached hydrogens (primary N) is 1. The molecule has 1 amide bonds. The zero-order chi connectivity index (χ0) is 12.8. The van der Waals surface area contributed by atoms with Crippen LogP contribution in [0, 0.1) is 0 Å². The molecule has 0 bridgehead atoms. The van der Waals surface area contributed by atoms with E-state index < -0.39 is 5.91 Å². The van der Waals surface area contributed by atoms with Gasteiger partial charge in [0.2, 0.25) is 0 Å². The molecule has 98 valence electrons. The standard InChI is InChI=1S/C13H18N2O3/c14-13(16)9-18-12-3-1-10(2-4-12)15-11-5-7-17-8-6-11/h1-4,11,15H,5-9H2,(H2,14,16). The lowest BCUT2D eigenvalue weighted by molar-refractivity contribution is -0.119. The van der Waals surface area contributed by atoms with E-state index in [1.807, 2.05) is 24.3 Å². The number of carbonyl (C=O) groups excluding carboxylic acids is 1. The van der Waals surface area contributed by atoms with Gasteiger partial charge in [0.15, 0.2) is 6.61 Å². The molecule has 0 aliphatic carbocycles. The van der Waals surface area contributed by atoms with Gasteiger partial charge in [0.25, 0.3) is 5.91 Å². The Hall–Kier alpha value is -1.75. The van der Waals surface area contributed by atoms with E-state index in [9.17, 15) is 4.79 Å². The van der Waals surface area contributed by atoms with E-state index >= 15 is 0 Å². The van der Waals surface area contributed by atoms with Crippen LogP contribution in [-0.4, -0.2) is 31.8 Å². The third-order valence-corrected chi connectivity index (χ3v) is 2.83. The van der Waals surface area contributed by atoms with Crippen molar-refractivity contribution < 1.29 is 14.3 Å². The van der Waals surface area contributed by atoms with E-state index in [0.717, 1.165) is 31.7 Å². The molecule has 5 heteroatoms. The van der Waals surface area contributed by atoms with E-state index in [4.69, 9.17) is 15.2 Å². The van der Waals surface area contributed by atoms with E-state index in [1.54, 1.807) is 0 Å². The summed E-state index contributed by atoms with van der Waals surface area (Å²) >= 11 is 0. The zero-order valence-corrected chi connectivity index (χ0v) is 10.2. The van der Waals surface area contributed by atoms with Crippen LogP contribution in [0.15, 0.2) is 24.3 Å². The summed E-state index contributed by atoms with van der Waals surface area (Å²) in [5, 5.41) is 3.45. The normalized spacial score (nSPS) is 16.2. The molecular weight excluding hydrogens is 232 g/mol. The average Bonchev–Trinajstić information content (AvgIpc) is 2.39. The minimum absolute atomic E-state index is 0.0905. The van der Waals surface area contributed by atoms with Gasteiger partial charge in [0, 0.05) is 24.9 Å². The predicted molar refractivity (Wildman–Crippen MR) is 68.6 cm³/mol. The number of nitrogens with one attached hydrogen (secondary N) is 1. The van der Waals surface area contributed by atoms with Gasteiger partial charge in [-0.05, 0) is 37.1 Å². The Morgan fingerprint density at radius 1 is 1.33 bits per heavy atom. The van der Waals surface area contributed by atoms with E-state index in [1.165, 1.54) is 0 Å². The third kappa shape index (κ3) is 3.92. The van der Waals surface area contributed by atoms with E-state index in [0.29, 0.717) is 11.8 Å². The number of anilines is 1. The number of carbonyl (C=O) groups is 1. The number of primary amides is 1. The van der Waals surface area contributed by atoms with Crippen molar-refractivity contribution in [2.45, 2.75) is 18.9 Å². The number of benzene rings is 1. The van der Waals surface area contributed by atoms with Gasteiger partial charge in [0.05, 0.1) is 0 Å². The molecule has 0 radical (unpaired) electrons. The summed E-state index contributed by atoms with van der Waals surface area (Å²) in [7, 11) is 0. The smallest absolute Gasteiger partial charge is 0.255 e. The topological polar surface area (TPSA) is 73.6 Å². The first kappa shape index (κ1) is 12.7. The molecule has 0 aromatic heterocycles. The molecule has 18 heavy (non-hydrogen) atoms. The Labute approximate surface area is 106 Å². The van der Waals surface area contributed by atoms with Crippen LogP contribution in [0.2, 0.25) is 0 Å². The van der Waals surface area contributed by atoms with Crippen molar-refractivity contribution >= 4 is 11.6 Å². The number of rotatable bonds is 5. The quantitative estimate of drug-likeness (QED) is 0.822. The van der Waals surface area contributed by atoms with Crippen LogP contribution >= 0.6 is 0 Å². The summed E-state index contributed by atoms with van der Waals surface area (Å²) in [6.45, 7) is 1.54. The summed E-state index contributed by atoms with van der Waals surface area (Å²) < 4.78 is 10.5. The molecule has 1 aromatic rings. The number of hydrogen-bond acceptors (Lipinski definition) is 4. The minimum atomic E-state index is -0.473. The molecule has 1 fully saturated rings. The molecule has 0 spiro atoms. The maximum Gasteiger partial charge on any atom is 0.255 e. The fourth-order valence-electron chi connectivity index (χ4n) is 1.88. The SMILES string of the molecule is NC(=O)COc1ccc(NC2CCOCC2)cc1. The molecule has 1 saturated heterocycles. The van der Waals surface area contributed by atoms with Gasteiger partial charge in [0.1, 0.15) is 5.75 Å². The van der Waals surface area contributed by atoms with Crippen molar-refractivity contribution in [1.29, 1.82) is 0 Å². The largest absolute Gasteiger partial charge is 0.484 e. The molecule has 1 aromatic carbocycles. The second-order valence-electron chi connectivity index (χ2n) is 4.31. The Morgan fingerprint density at radius 3 is 2.61 bits per heavy atom. The molecule has 0 unspecified atom stereocenters. The highest BCUT2D eigenvalue weighted by atomic mass is 16.5. The van der Waals surface area contributed by atoms with Gasteiger partial charge >= 0.3 is 0 Å². The maximum atomic E-state index is 10.6. The van der Waals surface area contributed by atoms with Crippen molar-refractivity contribution in [3.63, 3.8) is 0 Å². The lowest BCUT2D eigenvalue weighted by atomic mass is 10.1. The van der Waals surface area contributed by atoms with E-state index in [2.05, 4.69) is 5.32 Å². The van der Waals surface area contributed by atoms with Crippen LogP contribution in [-0.2, 0) is 9.53 Å². The van der Waals surface area contributed by atoms with Crippen LogP contribution in [0.4, 0.5) is 5.69 Å². The number of amides is 1. The van der Waals surface area contributed by atoms with Gasteiger partial charge < -0.3 is 20.5 Å². The van der Waals surface area contributed by atoms with Crippen LogP contribution in [0.3, 0.4) is 0 Å². The highest BCUT2D eigenvalue weighted by molar-refractivity contribution is 5.75. The van der Waals surface area contributed by atoms with Crippen LogP contribution in [0.5, 0.6) is 5.75 Å². The number of hydrogen-bond donors (Lipinski definition) is 2. The molecule has 1 heterocycles. The van der Waals surface area contributed by atoms with Crippen molar-refractivity contribution in [3.8, 4) is 5.75 Å². The van der Waals surface area contributed by atoms with Gasteiger partial charge in [-0.2, -0.15) is 0 Å². The summed E-state index contributed by atoms with van der Waals surface area (Å²) in [5.41, 5.74) is 6.06. The lowest BCUT2D eigenvalue weighted by Gasteiger charge is -2.24. The first-order chi connectivity index (χ1) is 8.74. The summed E-state index contributed by atoms with van der Waals surface area (Å²) in [4.78, 5) is 10.6. The average molecular weight is 250 g/mol. The first-order valence-electron chi connectivity index (χ1n) is 6.09. The Kier molecular flexibility index (Phi) is 4.41. The Balaban J connectivity index is 1.84. The maximum absolute atomic E-state index is 10.6. The molecule has 1 aliphatic rings. The predicted octanol–water partition coefficient (Wildman–Crippen LogP) is 1.14. The van der Waals surface area contributed by atoms with Gasteiger partial charge in [-0.3, -0.25) is 4.79 Å². The molecule has 5 nitrogen and oxygen atoms in total. The second-order valence-corrected chi connectivity index (χ2v) is 4.31. The van der Waals surface area contributed by atoms with Crippen molar-refractivity contribution in [2.75, 3.05) is 25.1 Å². The summed E-state index contributed by atoms with van der Waals surface area (Å²) in [6, 6.07) is 7.99. The van der Waals surface area contributed by atoms with Gasteiger partial charge in [-0.25, -0.2) is 0 Å².